The maximum absolute atomic E-state index is 14.8. The van der Waals surface area contributed by atoms with Crippen molar-refractivity contribution in [3.05, 3.63) is 59.3 Å². The first-order valence-corrected chi connectivity index (χ1v) is 11.6. The predicted molar refractivity (Wildman–Crippen MR) is 112 cm³/mol. The summed E-state index contributed by atoms with van der Waals surface area (Å²) in [5.74, 6) is 0.972. The SMILES string of the molecule is Cc1ccncc1O[C@@H]1CC[C@H](c2cc(Nc3ccc4c(c3F)CNS4(=O)=O)n[nH]2)C1. The summed E-state index contributed by atoms with van der Waals surface area (Å²) in [6.45, 7) is 1.95. The second-order valence-corrected chi connectivity index (χ2v) is 9.69. The van der Waals surface area contributed by atoms with E-state index in [2.05, 4.69) is 25.2 Å². The van der Waals surface area contributed by atoms with E-state index in [-0.39, 0.29) is 34.7 Å². The van der Waals surface area contributed by atoms with E-state index < -0.39 is 15.8 Å². The van der Waals surface area contributed by atoms with Crippen molar-refractivity contribution < 1.29 is 17.5 Å². The maximum atomic E-state index is 14.8. The van der Waals surface area contributed by atoms with Gasteiger partial charge >= 0.3 is 0 Å². The number of hydrogen-bond acceptors (Lipinski definition) is 6. The fourth-order valence-corrected chi connectivity index (χ4v) is 5.41. The molecule has 162 valence electrons. The second-order valence-electron chi connectivity index (χ2n) is 7.95. The van der Waals surface area contributed by atoms with Crippen LogP contribution in [0.25, 0.3) is 0 Å². The first kappa shape index (κ1) is 20.0. The van der Waals surface area contributed by atoms with Gasteiger partial charge in [-0.3, -0.25) is 10.1 Å². The van der Waals surface area contributed by atoms with Gasteiger partial charge in [-0.2, -0.15) is 5.10 Å². The van der Waals surface area contributed by atoms with Gasteiger partial charge in [0.1, 0.15) is 5.75 Å². The Balaban J connectivity index is 1.27. The van der Waals surface area contributed by atoms with Crippen LogP contribution in [0.4, 0.5) is 15.9 Å². The number of benzene rings is 1. The highest BCUT2D eigenvalue weighted by atomic mass is 32.2. The van der Waals surface area contributed by atoms with Crippen molar-refractivity contribution in [2.75, 3.05) is 5.32 Å². The lowest BCUT2D eigenvalue weighted by atomic mass is 10.0. The standard InChI is InChI=1S/C21H22FN5O3S/c1-12-6-7-23-11-18(12)30-14-3-2-13(8-14)17-9-20(27-26-17)25-16-4-5-19-15(21(16)22)10-24-31(19,28)29/h4-7,9,11,13-14,24H,2-3,8,10H2,1H3,(H2,25,26,27)/t13-,14+/m0/s1. The highest BCUT2D eigenvalue weighted by molar-refractivity contribution is 7.89. The molecule has 0 unspecified atom stereocenters. The molecule has 0 radical (unpaired) electrons. The van der Waals surface area contributed by atoms with Crippen LogP contribution in [0.5, 0.6) is 5.75 Å². The van der Waals surface area contributed by atoms with Crippen LogP contribution in [0, 0.1) is 12.7 Å². The van der Waals surface area contributed by atoms with E-state index in [0.717, 1.165) is 36.3 Å². The van der Waals surface area contributed by atoms with Crippen molar-refractivity contribution in [3.8, 4) is 5.75 Å². The molecule has 1 aliphatic carbocycles. The number of ether oxygens (including phenoxy) is 1. The second kappa shape index (κ2) is 7.61. The topological polar surface area (TPSA) is 109 Å². The third-order valence-corrected chi connectivity index (χ3v) is 7.38. The van der Waals surface area contributed by atoms with Crippen molar-refractivity contribution in [1.82, 2.24) is 19.9 Å². The van der Waals surface area contributed by atoms with Gasteiger partial charge in [-0.25, -0.2) is 17.5 Å². The number of aryl methyl sites for hydroxylation is 1. The molecule has 10 heteroatoms. The largest absolute Gasteiger partial charge is 0.489 e. The lowest BCUT2D eigenvalue weighted by Gasteiger charge is -2.15. The summed E-state index contributed by atoms with van der Waals surface area (Å²) < 4.78 is 46.9. The highest BCUT2D eigenvalue weighted by Crippen LogP contribution is 2.37. The van der Waals surface area contributed by atoms with E-state index in [0.29, 0.717) is 5.82 Å². The molecule has 1 saturated carbocycles. The molecule has 2 atom stereocenters. The van der Waals surface area contributed by atoms with E-state index in [1.807, 2.05) is 19.1 Å². The van der Waals surface area contributed by atoms with Gasteiger partial charge in [0.2, 0.25) is 10.0 Å². The molecule has 0 saturated heterocycles. The Morgan fingerprint density at radius 1 is 1.26 bits per heavy atom. The molecular formula is C21H22FN5O3S. The van der Waals surface area contributed by atoms with E-state index in [4.69, 9.17) is 4.74 Å². The Labute approximate surface area is 179 Å². The molecule has 0 amide bonds. The van der Waals surface area contributed by atoms with Gasteiger partial charge in [-0.1, -0.05) is 0 Å². The molecule has 2 aromatic heterocycles. The predicted octanol–water partition coefficient (Wildman–Crippen LogP) is 3.50. The molecule has 2 aliphatic rings. The summed E-state index contributed by atoms with van der Waals surface area (Å²) in [6.07, 6.45) is 6.35. The third-order valence-electron chi connectivity index (χ3n) is 5.90. The monoisotopic (exact) mass is 443 g/mol. The summed E-state index contributed by atoms with van der Waals surface area (Å²) in [5, 5.41) is 10.2. The first-order valence-electron chi connectivity index (χ1n) is 10.1. The third kappa shape index (κ3) is 3.77. The quantitative estimate of drug-likeness (QED) is 0.557. The van der Waals surface area contributed by atoms with E-state index >= 15 is 0 Å². The van der Waals surface area contributed by atoms with Crippen molar-refractivity contribution in [3.63, 3.8) is 0 Å². The lowest BCUT2D eigenvalue weighted by Crippen LogP contribution is -2.13. The summed E-state index contributed by atoms with van der Waals surface area (Å²) >= 11 is 0. The molecule has 0 bridgehead atoms. The Morgan fingerprint density at radius 3 is 2.97 bits per heavy atom. The number of rotatable bonds is 5. The zero-order valence-corrected chi connectivity index (χ0v) is 17.7. The van der Waals surface area contributed by atoms with Gasteiger partial charge in [0.15, 0.2) is 11.6 Å². The number of hydrogen-bond donors (Lipinski definition) is 3. The molecule has 3 heterocycles. The number of nitrogens with one attached hydrogen (secondary N) is 3. The average molecular weight is 444 g/mol. The number of sulfonamides is 1. The highest BCUT2D eigenvalue weighted by Gasteiger charge is 2.31. The molecular weight excluding hydrogens is 421 g/mol. The summed E-state index contributed by atoms with van der Waals surface area (Å²) in [6, 6.07) is 6.62. The van der Waals surface area contributed by atoms with Crippen molar-refractivity contribution in [2.45, 2.75) is 49.6 Å². The summed E-state index contributed by atoms with van der Waals surface area (Å²) in [7, 11) is -3.61. The smallest absolute Gasteiger partial charge is 0.241 e. The fourth-order valence-electron chi connectivity index (χ4n) is 4.19. The van der Waals surface area contributed by atoms with Crippen LogP contribution in [-0.2, 0) is 16.6 Å². The van der Waals surface area contributed by atoms with Gasteiger partial charge in [-0.05, 0) is 49.9 Å². The van der Waals surface area contributed by atoms with Gasteiger partial charge < -0.3 is 10.1 Å². The number of halogens is 1. The Hall–Kier alpha value is -2.98. The van der Waals surface area contributed by atoms with Crippen molar-refractivity contribution in [1.29, 1.82) is 0 Å². The van der Waals surface area contributed by atoms with Crippen molar-refractivity contribution in [2.24, 2.45) is 0 Å². The normalized spacial score (nSPS) is 21.7. The number of H-pyrrole nitrogens is 1. The van der Waals surface area contributed by atoms with Crippen LogP contribution >= 0.6 is 0 Å². The first-order chi connectivity index (χ1) is 14.9. The molecule has 3 aromatic rings. The Bertz CT molecular complexity index is 1240. The number of aromatic amines is 1. The minimum Gasteiger partial charge on any atom is -0.489 e. The molecule has 3 N–H and O–H groups in total. The molecule has 1 aliphatic heterocycles. The average Bonchev–Trinajstić information content (AvgIpc) is 3.45. The van der Waals surface area contributed by atoms with E-state index in [1.165, 1.54) is 12.1 Å². The summed E-state index contributed by atoms with van der Waals surface area (Å²) in [4.78, 5) is 4.11. The molecule has 31 heavy (non-hydrogen) atoms. The van der Waals surface area contributed by atoms with Crippen LogP contribution < -0.4 is 14.8 Å². The molecule has 0 spiro atoms. The Kier molecular flexibility index (Phi) is 4.90. The van der Waals surface area contributed by atoms with Crippen LogP contribution in [0.2, 0.25) is 0 Å². The maximum Gasteiger partial charge on any atom is 0.241 e. The minimum absolute atomic E-state index is 0.0147. The number of fused-ring (bicyclic) bond motifs is 1. The zero-order valence-electron chi connectivity index (χ0n) is 16.9. The van der Waals surface area contributed by atoms with Gasteiger partial charge in [-0.15, -0.1) is 0 Å². The van der Waals surface area contributed by atoms with Crippen LogP contribution in [0.3, 0.4) is 0 Å². The van der Waals surface area contributed by atoms with Gasteiger partial charge in [0.25, 0.3) is 0 Å². The van der Waals surface area contributed by atoms with E-state index in [1.54, 1.807) is 12.4 Å². The number of pyridine rings is 1. The molecule has 5 rings (SSSR count). The number of anilines is 2. The Morgan fingerprint density at radius 2 is 2.13 bits per heavy atom. The fraction of sp³-hybridized carbons (Fsp3) is 0.333. The van der Waals surface area contributed by atoms with Crippen LogP contribution in [0.1, 0.15) is 42.0 Å². The van der Waals surface area contributed by atoms with E-state index in [9.17, 15) is 12.8 Å². The lowest BCUT2D eigenvalue weighted by molar-refractivity contribution is 0.205. The molecule has 1 aromatic carbocycles. The van der Waals surface area contributed by atoms with Crippen LogP contribution in [-0.4, -0.2) is 29.7 Å². The van der Waals surface area contributed by atoms with Gasteiger partial charge in [0.05, 0.1) is 22.9 Å². The van der Waals surface area contributed by atoms with Crippen molar-refractivity contribution >= 4 is 21.5 Å². The zero-order chi connectivity index (χ0) is 21.6. The number of nitrogens with zero attached hydrogens (tertiary/aromatic N) is 2. The molecule has 8 nitrogen and oxygen atoms in total. The summed E-state index contributed by atoms with van der Waals surface area (Å²) in [5.41, 5.74) is 2.35. The van der Waals surface area contributed by atoms with Crippen LogP contribution in [0.15, 0.2) is 41.6 Å². The number of aromatic nitrogens is 3. The van der Waals surface area contributed by atoms with Gasteiger partial charge in [0, 0.05) is 36.0 Å². The molecule has 1 fully saturated rings. The minimum atomic E-state index is -3.61.